The van der Waals surface area contributed by atoms with Crippen LogP contribution in [0, 0.1) is 0 Å². The number of rotatable bonds is 5. The van der Waals surface area contributed by atoms with E-state index in [1.807, 2.05) is 12.3 Å². The maximum absolute atomic E-state index is 13.4. The third-order valence-electron chi connectivity index (χ3n) is 9.93. The summed E-state index contributed by atoms with van der Waals surface area (Å²) in [6, 6.07) is 9.20. The van der Waals surface area contributed by atoms with E-state index in [9.17, 15) is 9.90 Å². The summed E-state index contributed by atoms with van der Waals surface area (Å²) in [5.41, 5.74) is 8.77. The van der Waals surface area contributed by atoms with Crippen LogP contribution < -0.4 is 11.1 Å². The Kier molecular flexibility index (Phi) is 6.13. The van der Waals surface area contributed by atoms with Gasteiger partial charge in [-0.05, 0) is 81.5 Å². The zero-order valence-corrected chi connectivity index (χ0v) is 22.4. The van der Waals surface area contributed by atoms with Crippen LogP contribution in [0.15, 0.2) is 36.7 Å². The standard InChI is InChI=1S/C30H38N6O3/c31-27-25(28(37)34-29-6-9-30(38,10-7-29)11-8-29)16-21(17-32-27)20-1-2-26-22(15-20)18-33-36(26)24-3-12-35(19-24)23-4-13-39-14-5-23/h1-2,15-18,23-24,38H,3-14,19H2,(H2,31,32)(H,34,37). The lowest BCUT2D eigenvalue weighted by Gasteiger charge is -2.51. The largest absolute Gasteiger partial charge is 0.390 e. The maximum atomic E-state index is 13.4. The molecule has 39 heavy (non-hydrogen) atoms. The minimum absolute atomic E-state index is 0.182. The van der Waals surface area contributed by atoms with Crippen LogP contribution in [-0.2, 0) is 4.74 Å². The zero-order valence-electron chi connectivity index (χ0n) is 22.4. The molecular formula is C30H38N6O3. The molecule has 2 saturated heterocycles. The van der Waals surface area contributed by atoms with Crippen molar-refractivity contribution < 1.29 is 14.6 Å². The van der Waals surface area contributed by atoms with Gasteiger partial charge in [-0.2, -0.15) is 5.10 Å². The van der Waals surface area contributed by atoms with Crippen LogP contribution in [0.25, 0.3) is 22.0 Å². The van der Waals surface area contributed by atoms with E-state index in [4.69, 9.17) is 15.6 Å². The van der Waals surface area contributed by atoms with Gasteiger partial charge in [0.15, 0.2) is 0 Å². The molecule has 9 heteroatoms. The number of aromatic nitrogens is 3. The lowest BCUT2D eigenvalue weighted by atomic mass is 9.63. The van der Waals surface area contributed by atoms with Crippen LogP contribution >= 0.6 is 0 Å². The van der Waals surface area contributed by atoms with Gasteiger partial charge in [0.2, 0.25) is 0 Å². The van der Waals surface area contributed by atoms with Crippen molar-refractivity contribution in [3.8, 4) is 11.1 Å². The Bertz CT molecular complexity index is 1370. The fourth-order valence-corrected chi connectivity index (χ4v) is 7.35. The Balaban J connectivity index is 1.09. The van der Waals surface area contributed by atoms with Crippen molar-refractivity contribution in [1.82, 2.24) is 25.0 Å². The van der Waals surface area contributed by atoms with Gasteiger partial charge < -0.3 is 20.9 Å². The lowest BCUT2D eigenvalue weighted by Crippen LogP contribution is -2.58. The molecule has 0 spiro atoms. The summed E-state index contributed by atoms with van der Waals surface area (Å²) < 4.78 is 7.74. The Morgan fingerprint density at radius 1 is 1.00 bits per heavy atom. The second kappa shape index (κ2) is 9.57. The molecule has 2 bridgehead atoms. The average Bonchev–Trinajstić information content (AvgIpc) is 3.62. The number of anilines is 1. The monoisotopic (exact) mass is 530 g/mol. The van der Waals surface area contributed by atoms with Gasteiger partial charge in [-0.25, -0.2) is 4.98 Å². The first-order valence-electron chi connectivity index (χ1n) is 14.5. The molecule has 1 unspecified atom stereocenters. The van der Waals surface area contributed by atoms with Crippen molar-refractivity contribution in [3.63, 3.8) is 0 Å². The quantitative estimate of drug-likeness (QED) is 0.461. The molecule has 206 valence electrons. The van der Waals surface area contributed by atoms with Gasteiger partial charge in [0.05, 0.1) is 28.9 Å². The van der Waals surface area contributed by atoms with Gasteiger partial charge in [0.1, 0.15) is 5.82 Å². The second-order valence-electron chi connectivity index (χ2n) is 12.3. The first-order valence-corrected chi connectivity index (χ1v) is 14.5. The summed E-state index contributed by atoms with van der Waals surface area (Å²) in [6.07, 6.45) is 11.7. The van der Waals surface area contributed by atoms with E-state index >= 15 is 0 Å². The first-order chi connectivity index (χ1) is 18.9. The molecule has 2 aliphatic heterocycles. The number of benzene rings is 1. The van der Waals surface area contributed by atoms with E-state index < -0.39 is 5.60 Å². The van der Waals surface area contributed by atoms with E-state index in [0.717, 1.165) is 106 Å². The van der Waals surface area contributed by atoms with Crippen molar-refractivity contribution in [2.24, 2.45) is 0 Å². The van der Waals surface area contributed by atoms with Gasteiger partial charge in [0.25, 0.3) is 5.91 Å². The summed E-state index contributed by atoms with van der Waals surface area (Å²) in [6.45, 7) is 3.88. The van der Waals surface area contributed by atoms with Crippen LogP contribution in [0.5, 0.6) is 0 Å². The van der Waals surface area contributed by atoms with Crippen molar-refractivity contribution in [2.75, 3.05) is 32.0 Å². The maximum Gasteiger partial charge on any atom is 0.255 e. The van der Waals surface area contributed by atoms with Gasteiger partial charge in [-0.1, -0.05) is 6.07 Å². The minimum atomic E-state index is -0.540. The molecular weight excluding hydrogens is 492 g/mol. The summed E-state index contributed by atoms with van der Waals surface area (Å²) in [4.78, 5) is 20.4. The highest BCUT2D eigenvalue weighted by atomic mass is 16.5. The number of nitrogens with two attached hydrogens (primary N) is 1. The number of hydrogen-bond acceptors (Lipinski definition) is 7. The fourth-order valence-electron chi connectivity index (χ4n) is 7.35. The summed E-state index contributed by atoms with van der Waals surface area (Å²) >= 11 is 0. The highest BCUT2D eigenvalue weighted by Gasteiger charge is 2.48. The molecule has 3 aliphatic carbocycles. The van der Waals surface area contributed by atoms with Crippen LogP contribution in [0.2, 0.25) is 0 Å². The number of nitrogens with one attached hydrogen (secondary N) is 1. The number of amides is 1. The van der Waals surface area contributed by atoms with Gasteiger partial charge in [-0.15, -0.1) is 0 Å². The Morgan fingerprint density at radius 2 is 1.77 bits per heavy atom. The molecule has 4 heterocycles. The number of aliphatic hydroxyl groups is 1. The summed E-state index contributed by atoms with van der Waals surface area (Å²) in [5, 5.41) is 19.7. The molecule has 3 saturated carbocycles. The normalized spacial score (nSPS) is 29.7. The van der Waals surface area contributed by atoms with E-state index in [0.29, 0.717) is 17.6 Å². The van der Waals surface area contributed by atoms with Crippen molar-refractivity contribution >= 4 is 22.6 Å². The molecule has 0 radical (unpaired) electrons. The number of ether oxygens (including phenoxy) is 1. The van der Waals surface area contributed by atoms with Crippen molar-refractivity contribution in [2.45, 2.75) is 81.0 Å². The van der Waals surface area contributed by atoms with Crippen LogP contribution in [0.1, 0.15) is 74.2 Å². The van der Waals surface area contributed by atoms with Crippen LogP contribution in [0.3, 0.4) is 0 Å². The van der Waals surface area contributed by atoms with Crippen molar-refractivity contribution in [1.29, 1.82) is 0 Å². The van der Waals surface area contributed by atoms with Gasteiger partial charge >= 0.3 is 0 Å². The van der Waals surface area contributed by atoms with Gasteiger partial charge in [0, 0.05) is 55.0 Å². The second-order valence-corrected chi connectivity index (χ2v) is 12.3. The van der Waals surface area contributed by atoms with E-state index in [1.165, 1.54) is 0 Å². The smallest absolute Gasteiger partial charge is 0.255 e. The highest BCUT2D eigenvalue weighted by Crippen LogP contribution is 2.47. The molecule has 1 aromatic carbocycles. The average molecular weight is 531 g/mol. The number of fused-ring (bicyclic) bond motifs is 4. The summed E-state index contributed by atoms with van der Waals surface area (Å²) in [5.74, 6) is 0.0541. The topological polar surface area (TPSA) is 119 Å². The Morgan fingerprint density at radius 3 is 2.54 bits per heavy atom. The molecule has 1 atom stereocenters. The molecule has 8 rings (SSSR count). The van der Waals surface area contributed by atoms with Crippen LogP contribution in [0.4, 0.5) is 5.82 Å². The van der Waals surface area contributed by atoms with E-state index in [1.54, 1.807) is 6.20 Å². The number of nitrogens with zero attached hydrogens (tertiary/aromatic N) is 4. The number of carbonyl (C=O) groups excluding carboxylic acids is 1. The van der Waals surface area contributed by atoms with E-state index in [2.05, 4.69) is 38.1 Å². The molecule has 9 nitrogen and oxygen atoms in total. The van der Waals surface area contributed by atoms with E-state index in [-0.39, 0.29) is 17.3 Å². The number of hydrogen-bond donors (Lipinski definition) is 3. The predicted molar refractivity (Wildman–Crippen MR) is 149 cm³/mol. The first kappa shape index (κ1) is 25.0. The predicted octanol–water partition coefficient (Wildman–Crippen LogP) is 3.67. The Labute approximate surface area is 228 Å². The SMILES string of the molecule is Nc1ncc(-c2ccc3c(cnn3C3CCN(C4CCOCC4)C3)c2)cc1C(=O)NC12CCC(O)(CC1)CC2. The molecule has 4 N–H and O–H groups in total. The summed E-state index contributed by atoms with van der Waals surface area (Å²) in [7, 11) is 0. The highest BCUT2D eigenvalue weighted by molar-refractivity contribution is 6.00. The Hall–Kier alpha value is -3.01. The van der Waals surface area contributed by atoms with Crippen LogP contribution in [-0.4, -0.2) is 74.2 Å². The number of carbonyl (C=O) groups is 1. The molecule has 5 fully saturated rings. The third-order valence-corrected chi connectivity index (χ3v) is 9.93. The molecule has 3 aromatic rings. The molecule has 1 amide bonds. The van der Waals surface area contributed by atoms with Gasteiger partial charge in [-0.3, -0.25) is 14.4 Å². The minimum Gasteiger partial charge on any atom is -0.390 e. The van der Waals surface area contributed by atoms with Crippen molar-refractivity contribution in [3.05, 3.63) is 42.2 Å². The number of nitrogen functional groups attached to an aromatic ring is 1. The fraction of sp³-hybridized carbons (Fsp3) is 0.567. The number of pyridine rings is 1. The number of likely N-dealkylation sites (tertiary alicyclic amines) is 1. The molecule has 2 aromatic heterocycles. The lowest BCUT2D eigenvalue weighted by molar-refractivity contribution is -0.0702. The zero-order chi connectivity index (χ0) is 26.6. The third kappa shape index (κ3) is 4.60. The molecule has 5 aliphatic rings.